The minimum Gasteiger partial charge on any atom is -0.388 e. The van der Waals surface area contributed by atoms with Crippen LogP contribution in [0.3, 0.4) is 0 Å². The van der Waals surface area contributed by atoms with Gasteiger partial charge in [0.15, 0.2) is 0 Å². The molecule has 0 saturated carbocycles. The molecule has 8 nitrogen and oxygen atoms in total. The van der Waals surface area contributed by atoms with E-state index in [9.17, 15) is 9.59 Å². The molecule has 4 heterocycles. The quantitative estimate of drug-likeness (QED) is 0.423. The molecule has 1 aliphatic heterocycles. The highest BCUT2D eigenvalue weighted by Gasteiger charge is 2.19. The van der Waals surface area contributed by atoms with Crippen molar-refractivity contribution in [3.63, 3.8) is 0 Å². The summed E-state index contributed by atoms with van der Waals surface area (Å²) >= 11 is 0. The Kier molecular flexibility index (Phi) is 6.91. The number of fused-ring (bicyclic) bond motifs is 1. The van der Waals surface area contributed by atoms with Crippen molar-refractivity contribution in [1.29, 1.82) is 0 Å². The van der Waals surface area contributed by atoms with Crippen molar-refractivity contribution in [1.82, 2.24) is 23.9 Å². The zero-order valence-corrected chi connectivity index (χ0v) is 22.7. The highest BCUT2D eigenvalue weighted by Crippen LogP contribution is 2.28. The molecule has 1 amide bonds. The Morgan fingerprint density at radius 1 is 1.13 bits per heavy atom. The third kappa shape index (κ3) is 4.75. The summed E-state index contributed by atoms with van der Waals surface area (Å²) in [5.74, 6) is 0.0240. The zero-order chi connectivity index (χ0) is 27.0. The fourth-order valence-electron chi connectivity index (χ4n) is 5.20. The number of amides is 1. The van der Waals surface area contributed by atoms with Crippen molar-refractivity contribution < 1.29 is 4.79 Å². The van der Waals surface area contributed by atoms with Crippen LogP contribution in [0.4, 0.5) is 5.69 Å². The second-order valence-electron chi connectivity index (χ2n) is 10.1. The van der Waals surface area contributed by atoms with Gasteiger partial charge in [0.1, 0.15) is 5.65 Å². The largest absolute Gasteiger partial charge is 0.388 e. The molecule has 0 spiro atoms. The monoisotopic (exact) mass is 510 g/mol. The lowest BCUT2D eigenvalue weighted by Gasteiger charge is -2.27. The van der Waals surface area contributed by atoms with Gasteiger partial charge in [-0.2, -0.15) is 0 Å². The Bertz CT molecular complexity index is 1610. The van der Waals surface area contributed by atoms with Crippen molar-refractivity contribution in [3.8, 4) is 5.69 Å². The number of anilines is 1. The molecule has 0 atom stereocenters. The SMILES string of the molecule is CNc1ccn(-c2ccnc3c2cc(CN2CC=C(c4ccc(C(=O)N(C)C)cc4C)CC2)n3C)c(=O)c1. The van der Waals surface area contributed by atoms with E-state index >= 15 is 0 Å². The molecule has 0 fully saturated rings. The molecule has 196 valence electrons. The van der Waals surface area contributed by atoms with E-state index in [1.165, 1.54) is 11.1 Å². The van der Waals surface area contributed by atoms with E-state index < -0.39 is 0 Å². The van der Waals surface area contributed by atoms with Gasteiger partial charge in [0, 0.05) is 88.6 Å². The van der Waals surface area contributed by atoms with Gasteiger partial charge in [0.25, 0.3) is 11.5 Å². The van der Waals surface area contributed by atoms with Crippen LogP contribution in [0, 0.1) is 6.92 Å². The molecule has 8 heteroatoms. The number of carbonyl (C=O) groups excluding carboxylic acids is 1. The van der Waals surface area contributed by atoms with E-state index in [0.29, 0.717) is 0 Å². The van der Waals surface area contributed by atoms with Crippen molar-refractivity contribution in [2.45, 2.75) is 19.9 Å². The van der Waals surface area contributed by atoms with Crippen molar-refractivity contribution in [2.24, 2.45) is 7.05 Å². The smallest absolute Gasteiger partial charge is 0.257 e. The van der Waals surface area contributed by atoms with Gasteiger partial charge in [-0.3, -0.25) is 19.1 Å². The molecule has 3 aromatic heterocycles. The topological polar surface area (TPSA) is 75.4 Å². The summed E-state index contributed by atoms with van der Waals surface area (Å²) in [5, 5.41) is 3.97. The first-order valence-corrected chi connectivity index (χ1v) is 12.8. The number of benzene rings is 1. The van der Waals surface area contributed by atoms with Crippen LogP contribution in [0.15, 0.2) is 65.7 Å². The minimum atomic E-state index is -0.0853. The number of aryl methyl sites for hydroxylation is 2. The van der Waals surface area contributed by atoms with Gasteiger partial charge in [-0.1, -0.05) is 12.1 Å². The van der Waals surface area contributed by atoms with E-state index in [2.05, 4.69) is 44.9 Å². The van der Waals surface area contributed by atoms with Crippen LogP contribution in [0.2, 0.25) is 0 Å². The number of rotatable bonds is 6. The summed E-state index contributed by atoms with van der Waals surface area (Å²) in [6, 6.07) is 13.5. The third-order valence-electron chi connectivity index (χ3n) is 7.38. The van der Waals surface area contributed by atoms with Crippen LogP contribution in [-0.2, 0) is 13.6 Å². The lowest BCUT2D eigenvalue weighted by atomic mass is 9.94. The molecule has 4 aromatic rings. The number of carbonyl (C=O) groups is 1. The van der Waals surface area contributed by atoms with E-state index in [1.807, 2.05) is 31.3 Å². The number of nitrogens with zero attached hydrogens (tertiary/aromatic N) is 5. The zero-order valence-electron chi connectivity index (χ0n) is 22.7. The van der Waals surface area contributed by atoms with E-state index in [0.717, 1.165) is 65.3 Å². The molecule has 0 saturated heterocycles. The first-order chi connectivity index (χ1) is 18.3. The van der Waals surface area contributed by atoms with Gasteiger partial charge >= 0.3 is 0 Å². The molecule has 1 aromatic carbocycles. The van der Waals surface area contributed by atoms with Crippen LogP contribution in [0.25, 0.3) is 22.3 Å². The first kappa shape index (κ1) is 25.5. The second kappa shape index (κ2) is 10.3. The summed E-state index contributed by atoms with van der Waals surface area (Å²) in [4.78, 5) is 33.7. The Morgan fingerprint density at radius 3 is 2.61 bits per heavy atom. The van der Waals surface area contributed by atoms with Gasteiger partial charge in [-0.05, 0) is 60.4 Å². The Morgan fingerprint density at radius 2 is 1.95 bits per heavy atom. The Balaban J connectivity index is 1.36. The van der Waals surface area contributed by atoms with Gasteiger partial charge in [-0.15, -0.1) is 0 Å². The number of aromatic nitrogens is 3. The van der Waals surface area contributed by atoms with E-state index in [-0.39, 0.29) is 11.5 Å². The number of hydrogen-bond acceptors (Lipinski definition) is 5. The molecule has 0 aliphatic carbocycles. The predicted octanol–water partition coefficient (Wildman–Crippen LogP) is 4.07. The maximum Gasteiger partial charge on any atom is 0.257 e. The molecule has 1 N–H and O–H groups in total. The van der Waals surface area contributed by atoms with Crippen molar-refractivity contribution in [3.05, 3.63) is 93.7 Å². The van der Waals surface area contributed by atoms with Crippen molar-refractivity contribution >= 4 is 28.2 Å². The van der Waals surface area contributed by atoms with Crippen LogP contribution in [0.1, 0.15) is 33.6 Å². The van der Waals surface area contributed by atoms with Crippen LogP contribution in [-0.4, -0.2) is 64.1 Å². The van der Waals surface area contributed by atoms with E-state index in [1.54, 1.807) is 49.1 Å². The van der Waals surface area contributed by atoms with Gasteiger partial charge in [0.2, 0.25) is 0 Å². The van der Waals surface area contributed by atoms with Gasteiger partial charge in [0.05, 0.1) is 5.69 Å². The van der Waals surface area contributed by atoms with E-state index in [4.69, 9.17) is 0 Å². The summed E-state index contributed by atoms with van der Waals surface area (Å²) in [7, 11) is 7.39. The fraction of sp³-hybridized carbons (Fsp3) is 0.300. The van der Waals surface area contributed by atoms with Crippen LogP contribution in [0.5, 0.6) is 0 Å². The summed E-state index contributed by atoms with van der Waals surface area (Å²) in [5.41, 5.74) is 7.94. The number of pyridine rings is 2. The normalized spacial score (nSPS) is 14.0. The summed E-state index contributed by atoms with van der Waals surface area (Å²) < 4.78 is 3.79. The molecular weight excluding hydrogens is 476 g/mol. The summed E-state index contributed by atoms with van der Waals surface area (Å²) in [6.45, 7) is 4.65. The molecule has 38 heavy (non-hydrogen) atoms. The minimum absolute atomic E-state index is 0.0240. The number of hydrogen-bond donors (Lipinski definition) is 1. The maximum absolute atomic E-state index is 12.8. The maximum atomic E-state index is 12.8. The first-order valence-electron chi connectivity index (χ1n) is 12.8. The standard InChI is InChI=1S/C30H34N6O2/c1-20-16-22(30(38)33(3)4)6-7-25(20)21-9-13-35(14-10-21)19-24-18-26-27(8-12-32-29(26)34(24)5)36-15-11-23(31-2)17-28(36)37/h6-9,11-12,15-18,31H,10,13-14,19H2,1-5H3. The molecule has 0 unspecified atom stereocenters. The summed E-state index contributed by atoms with van der Waals surface area (Å²) in [6.07, 6.45) is 6.81. The molecule has 0 bridgehead atoms. The fourth-order valence-corrected chi connectivity index (χ4v) is 5.20. The predicted molar refractivity (Wildman–Crippen MR) is 153 cm³/mol. The van der Waals surface area contributed by atoms with Crippen molar-refractivity contribution in [2.75, 3.05) is 39.5 Å². The van der Waals surface area contributed by atoms with Gasteiger partial charge < -0.3 is 14.8 Å². The average molecular weight is 511 g/mol. The molecular formula is C30H34N6O2. The number of nitrogens with one attached hydrogen (secondary N) is 1. The lowest BCUT2D eigenvalue weighted by molar-refractivity contribution is 0.0827. The lowest BCUT2D eigenvalue weighted by Crippen LogP contribution is -2.29. The molecule has 5 rings (SSSR count). The van der Waals surface area contributed by atoms with Gasteiger partial charge in [-0.25, -0.2) is 4.98 Å². The Hall–Kier alpha value is -4.17. The van der Waals surface area contributed by atoms with Crippen LogP contribution < -0.4 is 10.9 Å². The third-order valence-corrected chi connectivity index (χ3v) is 7.38. The average Bonchev–Trinajstić information content (AvgIpc) is 3.23. The second-order valence-corrected chi connectivity index (χ2v) is 10.1. The molecule has 0 radical (unpaired) electrons. The highest BCUT2D eigenvalue weighted by molar-refractivity contribution is 5.94. The highest BCUT2D eigenvalue weighted by atomic mass is 16.2. The Labute approximate surface area is 222 Å². The molecule has 1 aliphatic rings. The van der Waals surface area contributed by atoms with Crippen LogP contribution >= 0.6 is 0 Å².